The van der Waals surface area contributed by atoms with Crippen molar-refractivity contribution in [1.82, 2.24) is 9.78 Å². The van der Waals surface area contributed by atoms with Crippen LogP contribution in [0.2, 0.25) is 0 Å². The van der Waals surface area contributed by atoms with Gasteiger partial charge in [0.2, 0.25) is 0 Å². The van der Waals surface area contributed by atoms with Crippen LogP contribution < -0.4 is 10.1 Å². The largest absolute Gasteiger partial charge is 0.486 e. The summed E-state index contributed by atoms with van der Waals surface area (Å²) in [4.78, 5) is 12.5. The van der Waals surface area contributed by atoms with Crippen molar-refractivity contribution in [3.63, 3.8) is 0 Å². The smallest absolute Gasteiger partial charge is 0.292 e. The molecule has 0 spiro atoms. The molecule has 0 fully saturated rings. The van der Waals surface area contributed by atoms with Gasteiger partial charge in [0.1, 0.15) is 23.9 Å². The standard InChI is InChI=1S/C26H20FN3O3/c27-23-8-4-3-7-20(23)16-30-14-13-25(29-30)28-26(31)24-12-11-22(33-24)17-32-21-10-9-18-5-1-2-6-19(18)15-21/h1-15H,16-17H2,(H,28,29,31). The van der Waals surface area contributed by atoms with Gasteiger partial charge in [-0.3, -0.25) is 9.48 Å². The molecule has 1 N–H and O–H groups in total. The van der Waals surface area contributed by atoms with Gasteiger partial charge in [0.25, 0.3) is 5.91 Å². The third-order valence-corrected chi connectivity index (χ3v) is 5.16. The fraction of sp³-hybridized carbons (Fsp3) is 0.0769. The minimum Gasteiger partial charge on any atom is -0.486 e. The van der Waals surface area contributed by atoms with Crippen LogP contribution in [0.1, 0.15) is 21.9 Å². The summed E-state index contributed by atoms with van der Waals surface area (Å²) in [7, 11) is 0. The summed E-state index contributed by atoms with van der Waals surface area (Å²) < 4.78 is 26.8. The molecule has 3 aromatic carbocycles. The molecular formula is C26H20FN3O3. The molecule has 0 radical (unpaired) electrons. The summed E-state index contributed by atoms with van der Waals surface area (Å²) in [6.45, 7) is 0.461. The fourth-order valence-electron chi connectivity index (χ4n) is 3.48. The lowest BCUT2D eigenvalue weighted by Gasteiger charge is -2.06. The number of nitrogens with zero attached hydrogens (tertiary/aromatic N) is 2. The Bertz CT molecular complexity index is 1420. The van der Waals surface area contributed by atoms with Crippen LogP contribution >= 0.6 is 0 Å². The molecule has 0 atom stereocenters. The van der Waals surface area contributed by atoms with Crippen molar-refractivity contribution in [3.8, 4) is 5.75 Å². The highest BCUT2D eigenvalue weighted by atomic mass is 19.1. The highest BCUT2D eigenvalue weighted by Gasteiger charge is 2.14. The van der Waals surface area contributed by atoms with Gasteiger partial charge in [-0.15, -0.1) is 0 Å². The molecule has 0 saturated carbocycles. The zero-order valence-corrected chi connectivity index (χ0v) is 17.6. The van der Waals surface area contributed by atoms with Gasteiger partial charge in [-0.1, -0.05) is 48.5 Å². The lowest BCUT2D eigenvalue weighted by Crippen LogP contribution is -2.12. The van der Waals surface area contributed by atoms with Crippen molar-refractivity contribution in [3.05, 3.63) is 114 Å². The zero-order chi connectivity index (χ0) is 22.6. The molecule has 0 aliphatic heterocycles. The Morgan fingerprint density at radius 2 is 1.79 bits per heavy atom. The summed E-state index contributed by atoms with van der Waals surface area (Å²) in [5, 5.41) is 9.18. The van der Waals surface area contributed by atoms with E-state index >= 15 is 0 Å². The van der Waals surface area contributed by atoms with Gasteiger partial charge in [0, 0.05) is 17.8 Å². The van der Waals surface area contributed by atoms with Crippen LogP contribution in [0.15, 0.2) is 95.5 Å². The lowest BCUT2D eigenvalue weighted by atomic mass is 10.1. The van der Waals surface area contributed by atoms with E-state index in [2.05, 4.69) is 10.4 Å². The highest BCUT2D eigenvalue weighted by molar-refractivity contribution is 6.01. The first-order valence-electron chi connectivity index (χ1n) is 10.4. The maximum Gasteiger partial charge on any atom is 0.292 e. The van der Waals surface area contributed by atoms with E-state index in [0.29, 0.717) is 17.1 Å². The number of amides is 1. The van der Waals surface area contributed by atoms with E-state index in [-0.39, 0.29) is 24.7 Å². The Morgan fingerprint density at radius 3 is 2.67 bits per heavy atom. The topological polar surface area (TPSA) is 69.3 Å². The number of fused-ring (bicyclic) bond motifs is 1. The maximum atomic E-state index is 13.8. The third-order valence-electron chi connectivity index (χ3n) is 5.16. The highest BCUT2D eigenvalue weighted by Crippen LogP contribution is 2.22. The average molecular weight is 441 g/mol. The first kappa shape index (κ1) is 20.5. The molecule has 5 aromatic rings. The lowest BCUT2D eigenvalue weighted by molar-refractivity contribution is 0.0992. The summed E-state index contributed by atoms with van der Waals surface area (Å²) in [6.07, 6.45) is 1.67. The predicted octanol–water partition coefficient (Wildman–Crippen LogP) is 5.65. The van der Waals surface area contributed by atoms with Gasteiger partial charge < -0.3 is 14.5 Å². The van der Waals surface area contributed by atoms with E-state index in [1.807, 2.05) is 42.5 Å². The number of halogens is 1. The fourth-order valence-corrected chi connectivity index (χ4v) is 3.48. The SMILES string of the molecule is O=C(Nc1ccn(Cc2ccccc2F)n1)c1ccc(COc2ccc3ccccc3c2)o1. The molecule has 2 heterocycles. The van der Waals surface area contributed by atoms with Crippen LogP contribution in [-0.4, -0.2) is 15.7 Å². The van der Waals surface area contributed by atoms with Crippen molar-refractivity contribution in [2.75, 3.05) is 5.32 Å². The van der Waals surface area contributed by atoms with Crippen LogP contribution in [0.3, 0.4) is 0 Å². The number of ether oxygens (including phenoxy) is 1. The number of furan rings is 1. The van der Waals surface area contributed by atoms with Crippen LogP contribution in [0.25, 0.3) is 10.8 Å². The minimum atomic E-state index is -0.428. The summed E-state index contributed by atoms with van der Waals surface area (Å²) in [6, 6.07) is 25.3. The molecule has 0 aliphatic rings. The van der Waals surface area contributed by atoms with Crippen LogP contribution in [-0.2, 0) is 13.2 Å². The van der Waals surface area contributed by atoms with Crippen molar-refractivity contribution < 1.29 is 18.3 Å². The second-order valence-corrected chi connectivity index (χ2v) is 7.51. The third kappa shape index (κ3) is 4.77. The number of hydrogen-bond acceptors (Lipinski definition) is 4. The van der Waals surface area contributed by atoms with E-state index in [1.54, 1.807) is 47.3 Å². The van der Waals surface area contributed by atoms with Gasteiger partial charge in [-0.25, -0.2) is 4.39 Å². The number of anilines is 1. The molecule has 6 nitrogen and oxygen atoms in total. The molecule has 0 bridgehead atoms. The molecule has 5 rings (SSSR count). The number of carbonyl (C=O) groups is 1. The Hall–Kier alpha value is -4.39. The Kier molecular flexibility index (Phi) is 5.59. The second-order valence-electron chi connectivity index (χ2n) is 7.51. The molecule has 7 heteroatoms. The number of hydrogen-bond donors (Lipinski definition) is 1. The molecule has 0 aliphatic carbocycles. The van der Waals surface area contributed by atoms with Crippen LogP contribution in [0, 0.1) is 5.82 Å². The predicted molar refractivity (Wildman–Crippen MR) is 123 cm³/mol. The van der Waals surface area contributed by atoms with E-state index in [9.17, 15) is 9.18 Å². The normalized spacial score (nSPS) is 10.9. The number of nitrogens with one attached hydrogen (secondary N) is 1. The quantitative estimate of drug-likeness (QED) is 0.354. The summed E-state index contributed by atoms with van der Waals surface area (Å²) in [5.41, 5.74) is 0.514. The van der Waals surface area contributed by atoms with Gasteiger partial charge >= 0.3 is 0 Å². The zero-order valence-electron chi connectivity index (χ0n) is 17.6. The molecule has 2 aromatic heterocycles. The molecule has 164 valence electrons. The first-order valence-corrected chi connectivity index (χ1v) is 10.4. The van der Waals surface area contributed by atoms with Crippen molar-refractivity contribution in [1.29, 1.82) is 0 Å². The molecule has 1 amide bonds. The average Bonchev–Trinajstić information content (AvgIpc) is 3.49. The number of carbonyl (C=O) groups excluding carboxylic acids is 1. The molecule has 0 saturated heterocycles. The van der Waals surface area contributed by atoms with E-state index in [0.717, 1.165) is 16.5 Å². The summed E-state index contributed by atoms with van der Waals surface area (Å²) in [5.74, 6) is 1.02. The molecular weight excluding hydrogens is 421 g/mol. The van der Waals surface area contributed by atoms with Gasteiger partial charge in [-0.05, 0) is 41.1 Å². The van der Waals surface area contributed by atoms with E-state index in [4.69, 9.17) is 9.15 Å². The van der Waals surface area contributed by atoms with E-state index < -0.39 is 5.91 Å². The number of benzene rings is 3. The van der Waals surface area contributed by atoms with E-state index in [1.165, 1.54) is 6.07 Å². The van der Waals surface area contributed by atoms with Gasteiger partial charge in [-0.2, -0.15) is 5.10 Å². The maximum absolute atomic E-state index is 13.8. The Morgan fingerprint density at radius 1 is 0.970 bits per heavy atom. The Labute approximate surface area is 189 Å². The van der Waals surface area contributed by atoms with Gasteiger partial charge in [0.05, 0.1) is 6.54 Å². The van der Waals surface area contributed by atoms with Crippen molar-refractivity contribution >= 4 is 22.5 Å². The van der Waals surface area contributed by atoms with Crippen molar-refractivity contribution in [2.24, 2.45) is 0 Å². The van der Waals surface area contributed by atoms with Gasteiger partial charge in [0.15, 0.2) is 11.6 Å². The summed E-state index contributed by atoms with van der Waals surface area (Å²) >= 11 is 0. The minimum absolute atomic E-state index is 0.149. The molecule has 0 unspecified atom stereocenters. The number of aromatic nitrogens is 2. The monoisotopic (exact) mass is 441 g/mol. The Balaban J connectivity index is 1.19. The van der Waals surface area contributed by atoms with Crippen LogP contribution in [0.4, 0.5) is 10.2 Å². The van der Waals surface area contributed by atoms with Crippen molar-refractivity contribution in [2.45, 2.75) is 13.2 Å². The second kappa shape index (κ2) is 9.00. The first-order chi connectivity index (χ1) is 16.1. The molecule has 33 heavy (non-hydrogen) atoms. The number of rotatable bonds is 7. The van der Waals surface area contributed by atoms with Crippen LogP contribution in [0.5, 0.6) is 5.75 Å².